The number of hydrogen-bond acceptors (Lipinski definition) is 5. The third kappa shape index (κ3) is 2.63. The molecule has 0 spiro atoms. The topological polar surface area (TPSA) is 86.7 Å². The van der Waals surface area contributed by atoms with E-state index in [4.69, 9.17) is 4.74 Å². The molecular formula is C16H14NO5-. The summed E-state index contributed by atoms with van der Waals surface area (Å²) >= 11 is 0. The maximum absolute atomic E-state index is 12.2. The number of allylic oxidation sites excluding steroid dienone is 1. The lowest BCUT2D eigenvalue weighted by atomic mass is 10.0. The molecule has 0 aromatic heterocycles. The SMILES string of the molecule is COC(=O)C1=C(C)N(C)C(=O)/C1=C\c1ccc(C(=O)[O-])cc1. The van der Waals surface area contributed by atoms with E-state index in [0.29, 0.717) is 11.3 Å². The number of aromatic carboxylic acids is 1. The van der Waals surface area contributed by atoms with E-state index in [0.717, 1.165) is 0 Å². The second-order valence-electron chi connectivity index (χ2n) is 4.78. The molecule has 1 aliphatic rings. The van der Waals surface area contributed by atoms with E-state index < -0.39 is 11.9 Å². The Bertz CT molecular complexity index is 713. The van der Waals surface area contributed by atoms with Gasteiger partial charge in [0.2, 0.25) is 0 Å². The molecule has 6 heteroatoms. The van der Waals surface area contributed by atoms with Crippen LogP contribution in [0, 0.1) is 0 Å². The number of likely N-dealkylation sites (N-methyl/N-ethyl adjacent to an activating group) is 1. The fourth-order valence-electron chi connectivity index (χ4n) is 2.18. The van der Waals surface area contributed by atoms with Gasteiger partial charge < -0.3 is 19.5 Å². The van der Waals surface area contributed by atoms with Gasteiger partial charge in [-0.25, -0.2) is 4.79 Å². The fourth-order valence-corrected chi connectivity index (χ4v) is 2.18. The lowest BCUT2D eigenvalue weighted by Gasteiger charge is -2.08. The summed E-state index contributed by atoms with van der Waals surface area (Å²) in [6.45, 7) is 1.66. The number of benzene rings is 1. The molecule has 1 heterocycles. The molecule has 1 amide bonds. The zero-order valence-corrected chi connectivity index (χ0v) is 12.4. The first-order valence-electron chi connectivity index (χ1n) is 6.47. The molecule has 0 N–H and O–H groups in total. The van der Waals surface area contributed by atoms with Crippen molar-refractivity contribution >= 4 is 23.9 Å². The Hall–Kier alpha value is -2.89. The average molecular weight is 300 g/mol. The predicted octanol–water partition coefficient (Wildman–Crippen LogP) is 0.352. The van der Waals surface area contributed by atoms with Gasteiger partial charge in [-0.05, 0) is 24.1 Å². The number of carbonyl (C=O) groups excluding carboxylic acids is 3. The van der Waals surface area contributed by atoms with Gasteiger partial charge in [-0.1, -0.05) is 24.3 Å². The lowest BCUT2D eigenvalue weighted by molar-refractivity contribution is -0.255. The minimum atomic E-state index is -1.28. The van der Waals surface area contributed by atoms with Crippen LogP contribution in [0.5, 0.6) is 0 Å². The van der Waals surface area contributed by atoms with Gasteiger partial charge in [0.15, 0.2) is 0 Å². The van der Waals surface area contributed by atoms with Crippen LogP contribution in [0.1, 0.15) is 22.8 Å². The van der Waals surface area contributed by atoms with Crippen LogP contribution in [-0.4, -0.2) is 36.9 Å². The molecule has 2 rings (SSSR count). The molecule has 0 saturated carbocycles. The molecule has 1 aromatic carbocycles. The molecule has 22 heavy (non-hydrogen) atoms. The van der Waals surface area contributed by atoms with E-state index in [1.807, 2.05) is 0 Å². The van der Waals surface area contributed by atoms with Crippen LogP contribution in [0.25, 0.3) is 6.08 Å². The van der Waals surface area contributed by atoms with E-state index in [1.165, 1.54) is 42.4 Å². The third-order valence-electron chi connectivity index (χ3n) is 3.52. The summed E-state index contributed by atoms with van der Waals surface area (Å²) in [6.07, 6.45) is 1.53. The molecule has 0 saturated heterocycles. The standard InChI is InChI=1S/C16H15NO5/c1-9-13(16(21)22-3)12(14(18)17(9)2)8-10-4-6-11(7-5-10)15(19)20/h4-8H,1-3H3,(H,19,20)/p-1/b12-8-. The number of carboxylic acids is 1. The van der Waals surface area contributed by atoms with E-state index in [-0.39, 0.29) is 22.6 Å². The quantitative estimate of drug-likeness (QED) is 0.594. The molecule has 114 valence electrons. The average Bonchev–Trinajstić information content (AvgIpc) is 2.71. The number of carbonyl (C=O) groups is 3. The van der Waals surface area contributed by atoms with Gasteiger partial charge in [-0.15, -0.1) is 0 Å². The Morgan fingerprint density at radius 3 is 2.32 bits per heavy atom. The number of esters is 1. The summed E-state index contributed by atoms with van der Waals surface area (Å²) < 4.78 is 4.72. The molecule has 0 bridgehead atoms. The molecule has 0 unspecified atom stereocenters. The van der Waals surface area contributed by atoms with E-state index >= 15 is 0 Å². The number of nitrogens with zero attached hydrogens (tertiary/aromatic N) is 1. The summed E-state index contributed by atoms with van der Waals surface area (Å²) in [6, 6.07) is 5.82. The Labute approximate surface area is 127 Å². The van der Waals surface area contributed by atoms with Crippen molar-refractivity contribution in [1.29, 1.82) is 0 Å². The molecule has 0 aliphatic carbocycles. The van der Waals surface area contributed by atoms with E-state index in [9.17, 15) is 19.5 Å². The summed E-state index contributed by atoms with van der Waals surface area (Å²) in [7, 11) is 2.82. The van der Waals surface area contributed by atoms with Crippen molar-refractivity contribution in [3.05, 3.63) is 52.2 Å². The lowest BCUT2D eigenvalue weighted by Crippen LogP contribution is -2.22. The second kappa shape index (κ2) is 5.85. The largest absolute Gasteiger partial charge is 0.545 e. The highest BCUT2D eigenvalue weighted by Crippen LogP contribution is 2.30. The second-order valence-corrected chi connectivity index (χ2v) is 4.78. The number of ether oxygens (including phenoxy) is 1. The van der Waals surface area contributed by atoms with Gasteiger partial charge in [0.1, 0.15) is 0 Å². The van der Waals surface area contributed by atoms with Crippen LogP contribution in [0.2, 0.25) is 0 Å². The number of carboxylic acid groups (broad SMARTS) is 1. The minimum Gasteiger partial charge on any atom is -0.545 e. The van der Waals surface area contributed by atoms with Crippen LogP contribution < -0.4 is 5.11 Å². The van der Waals surface area contributed by atoms with Crippen LogP contribution in [-0.2, 0) is 14.3 Å². The summed E-state index contributed by atoms with van der Waals surface area (Å²) in [5.41, 5.74) is 1.57. The van der Waals surface area contributed by atoms with Crippen molar-refractivity contribution < 1.29 is 24.2 Å². The summed E-state index contributed by atoms with van der Waals surface area (Å²) in [5, 5.41) is 10.7. The molecule has 6 nitrogen and oxygen atoms in total. The van der Waals surface area contributed by atoms with Crippen molar-refractivity contribution in [1.82, 2.24) is 4.90 Å². The molecule has 0 fully saturated rings. The van der Waals surface area contributed by atoms with Gasteiger partial charge in [0.25, 0.3) is 5.91 Å². The first-order chi connectivity index (χ1) is 10.4. The summed E-state index contributed by atoms with van der Waals surface area (Å²) in [4.78, 5) is 36.2. The molecule has 1 aliphatic heterocycles. The Morgan fingerprint density at radius 2 is 1.82 bits per heavy atom. The van der Waals surface area contributed by atoms with Gasteiger partial charge >= 0.3 is 5.97 Å². The van der Waals surface area contributed by atoms with Crippen LogP contribution in [0.3, 0.4) is 0 Å². The number of methoxy groups -OCH3 is 1. The zero-order chi connectivity index (χ0) is 16.4. The van der Waals surface area contributed by atoms with E-state index in [1.54, 1.807) is 14.0 Å². The Balaban J connectivity index is 2.46. The molecule has 1 aromatic rings. The van der Waals surface area contributed by atoms with Crippen LogP contribution >= 0.6 is 0 Å². The van der Waals surface area contributed by atoms with Gasteiger partial charge in [0.05, 0.1) is 24.2 Å². The first kappa shape index (κ1) is 15.5. The number of rotatable bonds is 3. The van der Waals surface area contributed by atoms with Crippen LogP contribution in [0.4, 0.5) is 0 Å². The normalized spacial score (nSPS) is 16.4. The van der Waals surface area contributed by atoms with Crippen molar-refractivity contribution in [2.45, 2.75) is 6.92 Å². The number of amides is 1. The van der Waals surface area contributed by atoms with Gasteiger partial charge in [-0.3, -0.25) is 4.79 Å². The monoisotopic (exact) mass is 300 g/mol. The van der Waals surface area contributed by atoms with Crippen molar-refractivity contribution in [2.24, 2.45) is 0 Å². The maximum Gasteiger partial charge on any atom is 0.340 e. The first-order valence-corrected chi connectivity index (χ1v) is 6.47. The molecular weight excluding hydrogens is 286 g/mol. The molecule has 0 radical (unpaired) electrons. The summed E-state index contributed by atoms with van der Waals surface area (Å²) in [5.74, 6) is -2.18. The highest BCUT2D eigenvalue weighted by atomic mass is 16.5. The smallest absolute Gasteiger partial charge is 0.340 e. The predicted molar refractivity (Wildman–Crippen MR) is 76.2 cm³/mol. The highest BCUT2D eigenvalue weighted by Gasteiger charge is 2.34. The zero-order valence-electron chi connectivity index (χ0n) is 12.4. The van der Waals surface area contributed by atoms with E-state index in [2.05, 4.69) is 0 Å². The highest BCUT2D eigenvalue weighted by molar-refractivity contribution is 6.16. The number of hydrogen-bond donors (Lipinski definition) is 0. The van der Waals surface area contributed by atoms with Crippen molar-refractivity contribution in [3.63, 3.8) is 0 Å². The Kier molecular flexibility index (Phi) is 4.12. The maximum atomic E-state index is 12.2. The third-order valence-corrected chi connectivity index (χ3v) is 3.52. The van der Waals surface area contributed by atoms with Crippen molar-refractivity contribution in [2.75, 3.05) is 14.2 Å². The fraction of sp³-hybridized carbons (Fsp3) is 0.188. The molecule has 0 atom stereocenters. The van der Waals surface area contributed by atoms with Gasteiger partial charge in [-0.2, -0.15) is 0 Å². The minimum absolute atomic E-state index is 0.0388. The Morgan fingerprint density at radius 1 is 1.23 bits per heavy atom. The van der Waals surface area contributed by atoms with Gasteiger partial charge in [0, 0.05) is 12.7 Å². The van der Waals surface area contributed by atoms with Crippen molar-refractivity contribution in [3.8, 4) is 0 Å². The van der Waals surface area contributed by atoms with Crippen LogP contribution in [0.15, 0.2) is 41.1 Å².